The minimum absolute atomic E-state index is 0.181. The average Bonchev–Trinajstić information content (AvgIpc) is 2.52. The molecule has 2 aliphatic rings. The summed E-state index contributed by atoms with van der Waals surface area (Å²) in [7, 11) is 0. The van der Waals surface area contributed by atoms with Crippen LogP contribution >= 0.6 is 15.9 Å². The number of rotatable bonds is 0. The van der Waals surface area contributed by atoms with Gasteiger partial charge in [0.15, 0.2) is 17.3 Å². The van der Waals surface area contributed by atoms with Crippen LogP contribution in [-0.4, -0.2) is 19.0 Å². The van der Waals surface area contributed by atoms with E-state index in [1.807, 2.05) is 6.07 Å². The summed E-state index contributed by atoms with van der Waals surface area (Å²) in [4.78, 5) is 12.2. The van der Waals surface area contributed by atoms with Crippen molar-refractivity contribution in [3.05, 3.63) is 21.7 Å². The number of ether oxygens (including phenoxy) is 2. The summed E-state index contributed by atoms with van der Waals surface area (Å²) in [6, 6.07) is 1.92. The van der Waals surface area contributed by atoms with Gasteiger partial charge >= 0.3 is 0 Å². The van der Waals surface area contributed by atoms with Gasteiger partial charge in [-0.25, -0.2) is 0 Å². The summed E-state index contributed by atoms with van der Waals surface area (Å²) in [6.07, 6.45) is 3.55. The van der Waals surface area contributed by atoms with Crippen molar-refractivity contribution in [1.82, 2.24) is 0 Å². The van der Waals surface area contributed by atoms with Crippen molar-refractivity contribution in [2.24, 2.45) is 0 Å². The average molecular weight is 297 g/mol. The molecule has 0 fully saturated rings. The second-order valence-corrected chi connectivity index (χ2v) is 5.22. The van der Waals surface area contributed by atoms with E-state index in [1.165, 1.54) is 0 Å². The highest BCUT2D eigenvalue weighted by Gasteiger charge is 2.27. The van der Waals surface area contributed by atoms with E-state index in [0.717, 1.165) is 34.9 Å². The normalized spacial score (nSPS) is 18.5. The van der Waals surface area contributed by atoms with E-state index in [-0.39, 0.29) is 5.78 Å². The highest BCUT2D eigenvalue weighted by Crippen LogP contribution is 2.42. The van der Waals surface area contributed by atoms with E-state index < -0.39 is 0 Å². The molecule has 1 aromatic rings. The van der Waals surface area contributed by atoms with Gasteiger partial charge in [0.2, 0.25) is 0 Å². The maximum Gasteiger partial charge on any atom is 0.172 e. The number of carbonyl (C=O) groups is 1. The summed E-state index contributed by atoms with van der Waals surface area (Å²) in [5.74, 6) is 1.53. The second kappa shape index (κ2) is 4.33. The monoisotopic (exact) mass is 296 g/mol. The van der Waals surface area contributed by atoms with Crippen molar-refractivity contribution in [2.45, 2.75) is 25.7 Å². The summed E-state index contributed by atoms with van der Waals surface area (Å²) in [5.41, 5.74) is 1.82. The van der Waals surface area contributed by atoms with Gasteiger partial charge in [-0.3, -0.25) is 4.79 Å². The number of benzene rings is 1. The minimum atomic E-state index is 0.181. The smallest absolute Gasteiger partial charge is 0.172 e. The Morgan fingerprint density at radius 3 is 2.76 bits per heavy atom. The zero-order chi connectivity index (χ0) is 11.8. The standard InChI is InChI=1S/C13H13BrO3/c14-9-7-11-13(17-6-5-16-11)12-8(9)3-1-2-4-10(12)15/h7H,1-6H2. The Balaban J connectivity index is 2.23. The molecule has 0 radical (unpaired) electrons. The van der Waals surface area contributed by atoms with Gasteiger partial charge in [-0.05, 0) is 30.9 Å². The van der Waals surface area contributed by atoms with Crippen LogP contribution in [-0.2, 0) is 6.42 Å². The quantitative estimate of drug-likeness (QED) is 0.690. The number of fused-ring (bicyclic) bond motifs is 3. The molecule has 3 nitrogen and oxygen atoms in total. The molecule has 17 heavy (non-hydrogen) atoms. The third-order valence-electron chi connectivity index (χ3n) is 3.25. The predicted molar refractivity (Wildman–Crippen MR) is 67.0 cm³/mol. The summed E-state index contributed by atoms with van der Waals surface area (Å²) in [6.45, 7) is 1.07. The lowest BCUT2D eigenvalue weighted by molar-refractivity contribution is 0.0971. The fourth-order valence-corrected chi connectivity index (χ4v) is 3.05. The Morgan fingerprint density at radius 2 is 1.88 bits per heavy atom. The molecule has 1 aliphatic heterocycles. The lowest BCUT2D eigenvalue weighted by Crippen LogP contribution is -2.18. The second-order valence-electron chi connectivity index (χ2n) is 4.37. The third kappa shape index (κ3) is 1.84. The van der Waals surface area contributed by atoms with Crippen LogP contribution < -0.4 is 9.47 Å². The maximum absolute atomic E-state index is 12.2. The van der Waals surface area contributed by atoms with Gasteiger partial charge in [0.25, 0.3) is 0 Å². The molecule has 0 bridgehead atoms. The van der Waals surface area contributed by atoms with Crippen molar-refractivity contribution >= 4 is 21.7 Å². The van der Waals surface area contributed by atoms with Crippen molar-refractivity contribution < 1.29 is 14.3 Å². The highest BCUT2D eigenvalue weighted by atomic mass is 79.9. The molecule has 0 atom stereocenters. The van der Waals surface area contributed by atoms with E-state index in [4.69, 9.17) is 9.47 Å². The van der Waals surface area contributed by atoms with E-state index in [0.29, 0.717) is 31.1 Å². The SMILES string of the molecule is O=C1CCCCc2c(Br)cc3c(c21)OCCO3. The summed E-state index contributed by atoms with van der Waals surface area (Å²) in [5, 5.41) is 0. The van der Waals surface area contributed by atoms with Gasteiger partial charge < -0.3 is 9.47 Å². The largest absolute Gasteiger partial charge is 0.486 e. The Labute approximate surface area is 108 Å². The molecular formula is C13H13BrO3. The van der Waals surface area contributed by atoms with Crippen LogP contribution in [0, 0.1) is 0 Å². The number of carbonyl (C=O) groups excluding carboxylic acids is 1. The van der Waals surface area contributed by atoms with E-state index >= 15 is 0 Å². The lowest BCUT2D eigenvalue weighted by Gasteiger charge is -2.22. The van der Waals surface area contributed by atoms with Gasteiger partial charge in [-0.1, -0.05) is 15.9 Å². The molecule has 0 spiro atoms. The molecule has 0 N–H and O–H groups in total. The molecule has 3 rings (SSSR count). The van der Waals surface area contributed by atoms with Crippen LogP contribution in [0.15, 0.2) is 10.5 Å². The van der Waals surface area contributed by atoms with Gasteiger partial charge in [0.1, 0.15) is 13.2 Å². The number of Topliss-reactive ketones (excluding diaryl/α,β-unsaturated/α-hetero) is 1. The molecular weight excluding hydrogens is 284 g/mol. The molecule has 4 heteroatoms. The van der Waals surface area contributed by atoms with Crippen molar-refractivity contribution in [1.29, 1.82) is 0 Å². The summed E-state index contributed by atoms with van der Waals surface area (Å²) < 4.78 is 12.2. The molecule has 0 amide bonds. The first-order chi connectivity index (χ1) is 8.27. The van der Waals surface area contributed by atoms with Crippen LogP contribution in [0.4, 0.5) is 0 Å². The van der Waals surface area contributed by atoms with Gasteiger partial charge in [0.05, 0.1) is 5.56 Å². The number of hydrogen-bond donors (Lipinski definition) is 0. The van der Waals surface area contributed by atoms with Crippen molar-refractivity contribution in [3.63, 3.8) is 0 Å². The van der Waals surface area contributed by atoms with Crippen LogP contribution in [0.25, 0.3) is 0 Å². The zero-order valence-corrected chi connectivity index (χ0v) is 11.0. The van der Waals surface area contributed by atoms with E-state index in [9.17, 15) is 4.79 Å². The Morgan fingerprint density at radius 1 is 1.12 bits per heavy atom. The van der Waals surface area contributed by atoms with Crippen molar-refractivity contribution in [3.8, 4) is 11.5 Å². The van der Waals surface area contributed by atoms with Gasteiger partial charge in [0, 0.05) is 10.9 Å². The molecule has 0 saturated heterocycles. The molecule has 0 unspecified atom stereocenters. The Kier molecular flexibility index (Phi) is 2.82. The number of halogens is 1. The highest BCUT2D eigenvalue weighted by molar-refractivity contribution is 9.10. The van der Waals surface area contributed by atoms with Gasteiger partial charge in [-0.15, -0.1) is 0 Å². The first-order valence-electron chi connectivity index (χ1n) is 5.91. The van der Waals surface area contributed by atoms with Crippen LogP contribution in [0.2, 0.25) is 0 Å². The molecule has 0 saturated carbocycles. The molecule has 0 aromatic heterocycles. The first kappa shape index (κ1) is 11.1. The van der Waals surface area contributed by atoms with Crippen LogP contribution in [0.5, 0.6) is 11.5 Å². The Bertz CT molecular complexity index is 482. The van der Waals surface area contributed by atoms with Crippen LogP contribution in [0.1, 0.15) is 35.2 Å². The van der Waals surface area contributed by atoms with E-state index in [1.54, 1.807) is 0 Å². The third-order valence-corrected chi connectivity index (χ3v) is 3.95. The topological polar surface area (TPSA) is 35.5 Å². The molecule has 1 heterocycles. The lowest BCUT2D eigenvalue weighted by atomic mass is 10.00. The minimum Gasteiger partial charge on any atom is -0.486 e. The van der Waals surface area contributed by atoms with Crippen molar-refractivity contribution in [2.75, 3.05) is 13.2 Å². The number of hydrogen-bond acceptors (Lipinski definition) is 3. The molecule has 90 valence electrons. The van der Waals surface area contributed by atoms with E-state index in [2.05, 4.69) is 15.9 Å². The van der Waals surface area contributed by atoms with Gasteiger partial charge in [-0.2, -0.15) is 0 Å². The van der Waals surface area contributed by atoms with Crippen LogP contribution in [0.3, 0.4) is 0 Å². The number of ketones is 1. The Hall–Kier alpha value is -1.03. The predicted octanol–water partition coefficient (Wildman–Crippen LogP) is 3.13. The molecule has 1 aromatic carbocycles. The molecule has 1 aliphatic carbocycles. The maximum atomic E-state index is 12.2. The fourth-order valence-electron chi connectivity index (χ4n) is 2.44. The fraction of sp³-hybridized carbons (Fsp3) is 0.462. The zero-order valence-electron chi connectivity index (χ0n) is 9.42. The summed E-state index contributed by atoms with van der Waals surface area (Å²) >= 11 is 3.54. The first-order valence-corrected chi connectivity index (χ1v) is 6.71.